The SMILES string of the molecule is CCCCn1ccnc1[C@H]1CCCN(C(=O)c2ccc(CO)cc2)C1. The van der Waals surface area contributed by atoms with Crippen molar-refractivity contribution in [3.8, 4) is 0 Å². The van der Waals surface area contributed by atoms with Gasteiger partial charge in [0.25, 0.3) is 5.91 Å². The Hall–Kier alpha value is -2.14. The summed E-state index contributed by atoms with van der Waals surface area (Å²) < 4.78 is 2.25. The number of piperidine rings is 1. The molecule has 0 spiro atoms. The van der Waals surface area contributed by atoms with Crippen LogP contribution in [0.15, 0.2) is 36.7 Å². The van der Waals surface area contributed by atoms with Crippen LogP contribution in [0.1, 0.15) is 60.3 Å². The van der Waals surface area contributed by atoms with E-state index in [0.29, 0.717) is 11.5 Å². The molecule has 0 aliphatic carbocycles. The number of aryl methyl sites for hydroxylation is 1. The molecule has 134 valence electrons. The maximum absolute atomic E-state index is 12.8. The molecule has 1 saturated heterocycles. The fraction of sp³-hybridized carbons (Fsp3) is 0.500. The van der Waals surface area contributed by atoms with Crippen LogP contribution in [0, 0.1) is 0 Å². The van der Waals surface area contributed by atoms with Gasteiger partial charge in [-0.3, -0.25) is 4.79 Å². The fourth-order valence-electron chi connectivity index (χ4n) is 3.51. The molecule has 0 bridgehead atoms. The molecule has 0 radical (unpaired) electrons. The summed E-state index contributed by atoms with van der Waals surface area (Å²) in [6.45, 7) is 4.72. The second-order valence-corrected chi connectivity index (χ2v) is 6.78. The monoisotopic (exact) mass is 341 g/mol. The van der Waals surface area contributed by atoms with Gasteiger partial charge in [-0.2, -0.15) is 0 Å². The number of unbranched alkanes of at least 4 members (excludes halogenated alkanes) is 1. The van der Waals surface area contributed by atoms with Crippen LogP contribution in [0.3, 0.4) is 0 Å². The third-order valence-electron chi connectivity index (χ3n) is 4.96. The smallest absolute Gasteiger partial charge is 0.253 e. The number of likely N-dealkylation sites (tertiary alicyclic amines) is 1. The van der Waals surface area contributed by atoms with Gasteiger partial charge in [0.05, 0.1) is 6.61 Å². The lowest BCUT2D eigenvalue weighted by Gasteiger charge is -2.33. The number of rotatable bonds is 6. The normalized spacial score (nSPS) is 17.7. The molecule has 1 fully saturated rings. The molecule has 1 atom stereocenters. The molecule has 25 heavy (non-hydrogen) atoms. The molecule has 2 aromatic rings. The van der Waals surface area contributed by atoms with Crippen molar-refractivity contribution in [1.82, 2.24) is 14.5 Å². The molecule has 5 heteroatoms. The summed E-state index contributed by atoms with van der Waals surface area (Å²) >= 11 is 0. The Morgan fingerprint density at radius 1 is 1.32 bits per heavy atom. The number of nitrogens with zero attached hydrogens (tertiary/aromatic N) is 3. The van der Waals surface area contributed by atoms with Crippen molar-refractivity contribution in [2.45, 2.75) is 51.7 Å². The summed E-state index contributed by atoms with van der Waals surface area (Å²) in [4.78, 5) is 19.3. The van der Waals surface area contributed by atoms with E-state index < -0.39 is 0 Å². The zero-order valence-electron chi connectivity index (χ0n) is 14.9. The van der Waals surface area contributed by atoms with Crippen LogP contribution in [0.5, 0.6) is 0 Å². The van der Waals surface area contributed by atoms with Gasteiger partial charge in [-0.15, -0.1) is 0 Å². The van der Waals surface area contributed by atoms with Crippen molar-refractivity contribution >= 4 is 5.91 Å². The summed E-state index contributed by atoms with van der Waals surface area (Å²) in [5.74, 6) is 1.49. The highest BCUT2D eigenvalue weighted by atomic mass is 16.3. The van der Waals surface area contributed by atoms with Crippen molar-refractivity contribution in [3.63, 3.8) is 0 Å². The number of carbonyl (C=O) groups excluding carboxylic acids is 1. The fourth-order valence-corrected chi connectivity index (χ4v) is 3.51. The number of benzene rings is 1. The number of carbonyl (C=O) groups is 1. The number of aliphatic hydroxyl groups excluding tert-OH is 1. The third-order valence-corrected chi connectivity index (χ3v) is 4.96. The lowest BCUT2D eigenvalue weighted by Crippen LogP contribution is -2.39. The predicted octanol–water partition coefficient (Wildman–Crippen LogP) is 3.20. The predicted molar refractivity (Wildman–Crippen MR) is 97.4 cm³/mol. The lowest BCUT2D eigenvalue weighted by molar-refractivity contribution is 0.0703. The van der Waals surface area contributed by atoms with Crippen molar-refractivity contribution in [2.24, 2.45) is 0 Å². The van der Waals surface area contributed by atoms with Gasteiger partial charge < -0.3 is 14.6 Å². The number of aromatic nitrogens is 2. The van der Waals surface area contributed by atoms with Gasteiger partial charge >= 0.3 is 0 Å². The largest absolute Gasteiger partial charge is 0.392 e. The summed E-state index contributed by atoms with van der Waals surface area (Å²) in [5, 5.41) is 9.14. The Labute approximate surface area is 149 Å². The first kappa shape index (κ1) is 17.7. The van der Waals surface area contributed by atoms with E-state index in [1.54, 1.807) is 12.1 Å². The molecule has 1 aromatic heterocycles. The Balaban J connectivity index is 1.70. The minimum absolute atomic E-state index is 0.000672. The highest BCUT2D eigenvalue weighted by Gasteiger charge is 2.27. The maximum atomic E-state index is 12.8. The van der Waals surface area contributed by atoms with Gasteiger partial charge in [0.1, 0.15) is 5.82 Å². The molecule has 0 unspecified atom stereocenters. The zero-order chi connectivity index (χ0) is 17.6. The Morgan fingerprint density at radius 3 is 2.84 bits per heavy atom. The van der Waals surface area contributed by atoms with E-state index in [2.05, 4.69) is 22.7 Å². The zero-order valence-corrected chi connectivity index (χ0v) is 14.9. The highest BCUT2D eigenvalue weighted by molar-refractivity contribution is 5.94. The van der Waals surface area contributed by atoms with E-state index in [9.17, 15) is 4.79 Å². The first-order valence-electron chi connectivity index (χ1n) is 9.23. The molecule has 1 aliphatic rings. The first-order chi connectivity index (χ1) is 12.2. The van der Waals surface area contributed by atoms with Crippen LogP contribution in [0.2, 0.25) is 0 Å². The standard InChI is InChI=1S/C20H27N3O2/c1-2-3-11-22-13-10-21-19(22)18-5-4-12-23(14-18)20(25)17-8-6-16(15-24)7-9-17/h6-10,13,18,24H,2-5,11-12,14-15H2,1H3/t18-/m0/s1. The Bertz CT molecular complexity index is 693. The van der Waals surface area contributed by atoms with E-state index in [-0.39, 0.29) is 12.5 Å². The van der Waals surface area contributed by atoms with Crippen molar-refractivity contribution in [1.29, 1.82) is 0 Å². The average molecular weight is 341 g/mol. The number of imidazole rings is 1. The van der Waals surface area contributed by atoms with Gasteiger partial charge in [0.15, 0.2) is 0 Å². The second kappa shape index (κ2) is 8.30. The van der Waals surface area contributed by atoms with Crippen molar-refractivity contribution in [3.05, 3.63) is 53.6 Å². The molecule has 1 aromatic carbocycles. The lowest BCUT2D eigenvalue weighted by atomic mass is 9.96. The van der Waals surface area contributed by atoms with Crippen LogP contribution >= 0.6 is 0 Å². The van der Waals surface area contributed by atoms with E-state index in [0.717, 1.165) is 56.7 Å². The molecular weight excluding hydrogens is 314 g/mol. The van der Waals surface area contributed by atoms with Crippen molar-refractivity contribution in [2.75, 3.05) is 13.1 Å². The first-order valence-corrected chi connectivity index (χ1v) is 9.23. The number of hydrogen-bond donors (Lipinski definition) is 1. The maximum Gasteiger partial charge on any atom is 0.253 e. The van der Waals surface area contributed by atoms with Crippen LogP contribution in [-0.2, 0) is 13.2 Å². The Kier molecular flexibility index (Phi) is 5.87. The highest BCUT2D eigenvalue weighted by Crippen LogP contribution is 2.27. The van der Waals surface area contributed by atoms with Gasteiger partial charge in [0.2, 0.25) is 0 Å². The van der Waals surface area contributed by atoms with E-state index in [1.165, 1.54) is 0 Å². The minimum atomic E-state index is 0.000672. The van der Waals surface area contributed by atoms with Crippen LogP contribution < -0.4 is 0 Å². The summed E-state index contributed by atoms with van der Waals surface area (Å²) in [6.07, 6.45) is 8.33. The molecule has 1 aliphatic heterocycles. The molecular formula is C20H27N3O2. The Morgan fingerprint density at radius 2 is 2.12 bits per heavy atom. The quantitative estimate of drug-likeness (QED) is 0.878. The van der Waals surface area contributed by atoms with E-state index in [4.69, 9.17) is 5.11 Å². The number of amides is 1. The van der Waals surface area contributed by atoms with E-state index >= 15 is 0 Å². The molecule has 5 nitrogen and oxygen atoms in total. The molecule has 1 amide bonds. The molecule has 3 rings (SSSR count). The number of aliphatic hydroxyl groups is 1. The summed E-state index contributed by atoms with van der Waals surface area (Å²) in [7, 11) is 0. The molecule has 0 saturated carbocycles. The molecule has 2 heterocycles. The van der Waals surface area contributed by atoms with Crippen molar-refractivity contribution < 1.29 is 9.90 Å². The second-order valence-electron chi connectivity index (χ2n) is 6.78. The van der Waals surface area contributed by atoms with E-state index in [1.807, 2.05) is 23.2 Å². The number of hydrogen-bond acceptors (Lipinski definition) is 3. The van der Waals surface area contributed by atoms with Crippen LogP contribution in [0.4, 0.5) is 0 Å². The topological polar surface area (TPSA) is 58.4 Å². The minimum Gasteiger partial charge on any atom is -0.392 e. The summed E-state index contributed by atoms with van der Waals surface area (Å²) in [5.41, 5.74) is 1.51. The third kappa shape index (κ3) is 4.10. The van der Waals surface area contributed by atoms with Gasteiger partial charge in [-0.05, 0) is 37.0 Å². The van der Waals surface area contributed by atoms with Gasteiger partial charge in [-0.25, -0.2) is 4.98 Å². The average Bonchev–Trinajstić information content (AvgIpc) is 3.14. The summed E-state index contributed by atoms with van der Waals surface area (Å²) in [6, 6.07) is 7.23. The molecule has 1 N–H and O–H groups in total. The van der Waals surface area contributed by atoms with Gasteiger partial charge in [-0.1, -0.05) is 25.5 Å². The van der Waals surface area contributed by atoms with Gasteiger partial charge in [0, 0.05) is 43.5 Å². The van der Waals surface area contributed by atoms with Crippen LogP contribution in [0.25, 0.3) is 0 Å². The van der Waals surface area contributed by atoms with Crippen LogP contribution in [-0.4, -0.2) is 38.6 Å².